The molecule has 3 aromatic heterocycles. The van der Waals surface area contributed by atoms with Gasteiger partial charge < -0.3 is 5.32 Å². The summed E-state index contributed by atoms with van der Waals surface area (Å²) in [7, 11) is 0. The summed E-state index contributed by atoms with van der Waals surface area (Å²) in [6.07, 6.45) is 4.50. The molecule has 8 heteroatoms. The molecule has 6 nitrogen and oxygen atoms in total. The van der Waals surface area contributed by atoms with Crippen molar-refractivity contribution >= 4 is 44.5 Å². The Morgan fingerprint density at radius 3 is 3.03 bits per heavy atom. The molecule has 0 unspecified atom stereocenters. The summed E-state index contributed by atoms with van der Waals surface area (Å²) in [4.78, 5) is 36.5. The molecule has 4 aromatic rings. The third-order valence-corrected chi connectivity index (χ3v) is 7.04. The molecular weight excluding hydrogens is 404 g/mol. The summed E-state index contributed by atoms with van der Waals surface area (Å²) in [6.45, 7) is 1.90. The number of hydrogen-bond acceptors (Lipinski definition) is 6. The highest BCUT2D eigenvalue weighted by Gasteiger charge is 2.21. The zero-order valence-corrected chi connectivity index (χ0v) is 17.4. The van der Waals surface area contributed by atoms with E-state index in [1.54, 1.807) is 22.7 Å². The Balaban J connectivity index is 1.37. The maximum absolute atomic E-state index is 12.9. The van der Waals surface area contributed by atoms with Gasteiger partial charge in [-0.25, -0.2) is 9.97 Å². The number of aryl methyl sites for hydroxylation is 3. The molecule has 146 valence electrons. The minimum Gasteiger partial charge on any atom is -0.325 e. The van der Waals surface area contributed by atoms with Crippen molar-refractivity contribution in [2.45, 2.75) is 32.7 Å². The molecule has 3 heterocycles. The smallest absolute Gasteiger partial charge is 0.262 e. The van der Waals surface area contributed by atoms with Crippen LogP contribution in [0.3, 0.4) is 0 Å². The lowest BCUT2D eigenvalue weighted by Crippen LogP contribution is -2.28. The van der Waals surface area contributed by atoms with E-state index in [2.05, 4.69) is 15.3 Å². The summed E-state index contributed by atoms with van der Waals surface area (Å²) in [6, 6.07) is 7.57. The monoisotopic (exact) mass is 422 g/mol. The molecule has 5 rings (SSSR count). The number of nitrogens with one attached hydrogen (secondary N) is 1. The van der Waals surface area contributed by atoms with Gasteiger partial charge in [0.15, 0.2) is 0 Å². The lowest BCUT2D eigenvalue weighted by molar-refractivity contribution is -0.116. The van der Waals surface area contributed by atoms with Crippen LogP contribution < -0.4 is 10.9 Å². The number of carbonyl (C=O) groups excluding carboxylic acids is 1. The number of carbonyl (C=O) groups is 1. The lowest BCUT2D eigenvalue weighted by Gasteiger charge is -2.08. The Morgan fingerprint density at radius 1 is 1.31 bits per heavy atom. The van der Waals surface area contributed by atoms with Crippen LogP contribution in [0, 0.1) is 6.92 Å². The molecule has 0 saturated heterocycles. The number of benzene rings is 1. The van der Waals surface area contributed by atoms with Crippen molar-refractivity contribution in [3.05, 3.63) is 61.8 Å². The lowest BCUT2D eigenvalue weighted by atomic mass is 10.1. The standard InChI is InChI=1S/C21H18N4O2S2/c1-12-23-16(10-28-12)13-4-2-5-14(8-13)24-18(26)9-25-11-22-20-19(21(25)27)15-6-3-7-17(15)29-20/h2,4-5,8,10-11H,3,6-7,9H2,1H3,(H,24,26). The van der Waals surface area contributed by atoms with Gasteiger partial charge in [-0.3, -0.25) is 14.2 Å². The van der Waals surface area contributed by atoms with E-state index in [1.807, 2.05) is 36.6 Å². The average molecular weight is 423 g/mol. The zero-order valence-electron chi connectivity index (χ0n) is 15.8. The van der Waals surface area contributed by atoms with Crippen molar-refractivity contribution in [1.29, 1.82) is 0 Å². The van der Waals surface area contributed by atoms with Crippen LogP contribution in [-0.4, -0.2) is 20.4 Å². The van der Waals surface area contributed by atoms with E-state index in [0.29, 0.717) is 11.1 Å². The van der Waals surface area contributed by atoms with Gasteiger partial charge in [-0.15, -0.1) is 22.7 Å². The van der Waals surface area contributed by atoms with Crippen LogP contribution >= 0.6 is 22.7 Å². The quantitative estimate of drug-likeness (QED) is 0.539. The second-order valence-corrected chi connectivity index (χ2v) is 9.24. The van der Waals surface area contributed by atoms with Gasteiger partial charge in [0.25, 0.3) is 5.56 Å². The molecule has 1 amide bonds. The molecule has 0 atom stereocenters. The van der Waals surface area contributed by atoms with Crippen LogP contribution in [0.5, 0.6) is 0 Å². The van der Waals surface area contributed by atoms with Crippen molar-refractivity contribution in [1.82, 2.24) is 14.5 Å². The van der Waals surface area contributed by atoms with E-state index >= 15 is 0 Å². The van der Waals surface area contributed by atoms with E-state index < -0.39 is 0 Å². The molecule has 0 saturated carbocycles. The van der Waals surface area contributed by atoms with E-state index in [9.17, 15) is 9.59 Å². The number of thiophene rings is 1. The second-order valence-electron chi connectivity index (χ2n) is 7.10. The van der Waals surface area contributed by atoms with Gasteiger partial charge in [0.2, 0.25) is 5.91 Å². The third kappa shape index (κ3) is 3.38. The molecule has 0 aliphatic heterocycles. The molecular formula is C21H18N4O2S2. The third-order valence-electron chi connectivity index (χ3n) is 5.07. The van der Waals surface area contributed by atoms with Crippen LogP contribution in [-0.2, 0) is 24.2 Å². The number of nitrogens with zero attached hydrogens (tertiary/aromatic N) is 3. The summed E-state index contributed by atoms with van der Waals surface area (Å²) in [5.41, 5.74) is 3.51. The van der Waals surface area contributed by atoms with Crippen LogP contribution in [0.2, 0.25) is 0 Å². The molecule has 0 fully saturated rings. The Bertz CT molecular complexity index is 1300. The minimum absolute atomic E-state index is 0.0631. The van der Waals surface area contributed by atoms with E-state index in [4.69, 9.17) is 0 Å². The largest absolute Gasteiger partial charge is 0.325 e. The first kappa shape index (κ1) is 18.2. The van der Waals surface area contributed by atoms with Crippen LogP contribution in [0.15, 0.2) is 40.8 Å². The molecule has 1 aromatic carbocycles. The van der Waals surface area contributed by atoms with Gasteiger partial charge in [0, 0.05) is 21.5 Å². The van der Waals surface area contributed by atoms with Crippen LogP contribution in [0.1, 0.15) is 21.9 Å². The highest BCUT2D eigenvalue weighted by atomic mass is 32.1. The van der Waals surface area contributed by atoms with Gasteiger partial charge in [0.1, 0.15) is 11.4 Å². The number of aromatic nitrogens is 3. The Kier molecular flexibility index (Phi) is 4.52. The predicted molar refractivity (Wildman–Crippen MR) is 117 cm³/mol. The number of amides is 1. The summed E-state index contributed by atoms with van der Waals surface area (Å²) in [5, 5.41) is 6.57. The summed E-state index contributed by atoms with van der Waals surface area (Å²) >= 11 is 3.19. The fourth-order valence-corrected chi connectivity index (χ4v) is 5.58. The Hall–Kier alpha value is -2.84. The first-order chi connectivity index (χ1) is 14.1. The number of fused-ring (bicyclic) bond motifs is 3. The molecule has 0 bridgehead atoms. The fourth-order valence-electron chi connectivity index (χ4n) is 3.74. The first-order valence-corrected chi connectivity index (χ1v) is 11.1. The normalized spacial score (nSPS) is 13.0. The summed E-state index contributed by atoms with van der Waals surface area (Å²) in [5.74, 6) is -0.258. The van der Waals surface area contributed by atoms with E-state index in [-0.39, 0.29) is 18.0 Å². The number of thiazole rings is 1. The molecule has 1 aliphatic carbocycles. The van der Waals surface area contributed by atoms with Crippen LogP contribution in [0.25, 0.3) is 21.5 Å². The molecule has 29 heavy (non-hydrogen) atoms. The predicted octanol–water partition coefficient (Wildman–Crippen LogP) is 4.02. The van der Waals surface area contributed by atoms with Crippen molar-refractivity contribution in [3.63, 3.8) is 0 Å². The van der Waals surface area contributed by atoms with Crippen molar-refractivity contribution in [2.24, 2.45) is 0 Å². The first-order valence-electron chi connectivity index (χ1n) is 9.40. The van der Waals surface area contributed by atoms with Gasteiger partial charge in [-0.05, 0) is 43.9 Å². The van der Waals surface area contributed by atoms with Crippen molar-refractivity contribution in [3.8, 4) is 11.3 Å². The topological polar surface area (TPSA) is 76.9 Å². The Labute approximate surface area is 174 Å². The maximum atomic E-state index is 12.9. The summed E-state index contributed by atoms with van der Waals surface area (Å²) < 4.78 is 1.40. The van der Waals surface area contributed by atoms with Gasteiger partial charge >= 0.3 is 0 Å². The number of anilines is 1. The highest BCUT2D eigenvalue weighted by Crippen LogP contribution is 2.34. The van der Waals surface area contributed by atoms with Gasteiger partial charge in [-0.1, -0.05) is 12.1 Å². The molecule has 0 radical (unpaired) electrons. The van der Waals surface area contributed by atoms with E-state index in [1.165, 1.54) is 15.8 Å². The Morgan fingerprint density at radius 2 is 2.21 bits per heavy atom. The minimum atomic E-state index is -0.258. The van der Waals surface area contributed by atoms with E-state index in [0.717, 1.165) is 45.9 Å². The van der Waals surface area contributed by atoms with Gasteiger partial charge in [0.05, 0.1) is 22.4 Å². The maximum Gasteiger partial charge on any atom is 0.262 e. The highest BCUT2D eigenvalue weighted by molar-refractivity contribution is 7.18. The SMILES string of the molecule is Cc1nc(-c2cccc(NC(=O)Cn3cnc4sc5c(c4c3=O)CCC5)c2)cs1. The van der Waals surface area contributed by atoms with Crippen LogP contribution in [0.4, 0.5) is 5.69 Å². The second kappa shape index (κ2) is 7.20. The van der Waals surface area contributed by atoms with Gasteiger partial charge in [-0.2, -0.15) is 0 Å². The van der Waals surface area contributed by atoms with Crippen molar-refractivity contribution < 1.29 is 4.79 Å². The fraction of sp³-hybridized carbons (Fsp3) is 0.238. The number of rotatable bonds is 4. The zero-order chi connectivity index (χ0) is 20.0. The molecule has 1 aliphatic rings. The average Bonchev–Trinajstić information content (AvgIpc) is 3.40. The number of hydrogen-bond donors (Lipinski definition) is 1. The molecule has 1 N–H and O–H groups in total. The molecule has 0 spiro atoms. The van der Waals surface area contributed by atoms with Crippen molar-refractivity contribution in [2.75, 3.05) is 5.32 Å².